The van der Waals surface area contributed by atoms with Gasteiger partial charge in [-0.2, -0.15) is 5.10 Å². The lowest BCUT2D eigenvalue weighted by atomic mass is 10.1. The van der Waals surface area contributed by atoms with Crippen molar-refractivity contribution in [2.45, 2.75) is 12.5 Å². The van der Waals surface area contributed by atoms with Gasteiger partial charge in [-0.05, 0) is 23.3 Å². The second-order valence-corrected chi connectivity index (χ2v) is 5.49. The summed E-state index contributed by atoms with van der Waals surface area (Å²) in [6, 6.07) is 13.3. The quantitative estimate of drug-likeness (QED) is 0.525. The summed E-state index contributed by atoms with van der Waals surface area (Å²) < 4.78 is 5.13. The van der Waals surface area contributed by atoms with E-state index in [0.717, 1.165) is 16.9 Å². The fraction of sp³-hybridized carbons (Fsp3) is 0.176. The van der Waals surface area contributed by atoms with E-state index in [0.29, 0.717) is 18.1 Å². The van der Waals surface area contributed by atoms with E-state index in [2.05, 4.69) is 15.2 Å². The first kappa shape index (κ1) is 16.6. The van der Waals surface area contributed by atoms with Crippen LogP contribution >= 0.6 is 0 Å². The summed E-state index contributed by atoms with van der Waals surface area (Å²) in [6.45, 7) is 0. The molecule has 128 valence electrons. The molecule has 0 aliphatic carbocycles. The molecule has 3 aromatic rings. The Bertz CT molecular complexity index is 859. The number of nitro benzene ring substituents is 1. The normalized spacial score (nSPS) is 11.9. The molecule has 8 heteroatoms. The molecule has 25 heavy (non-hydrogen) atoms. The van der Waals surface area contributed by atoms with Gasteiger partial charge in [-0.1, -0.05) is 24.3 Å². The largest absolute Gasteiger partial charge is 0.497 e. The van der Waals surface area contributed by atoms with Crippen LogP contribution in [0.4, 0.5) is 5.69 Å². The number of non-ortho nitro benzene ring substituents is 1. The van der Waals surface area contributed by atoms with Crippen LogP contribution in [0.25, 0.3) is 0 Å². The molecule has 3 N–H and O–H groups in total. The van der Waals surface area contributed by atoms with E-state index in [4.69, 9.17) is 10.5 Å². The van der Waals surface area contributed by atoms with Gasteiger partial charge in [0.05, 0.1) is 18.1 Å². The van der Waals surface area contributed by atoms with Gasteiger partial charge in [-0.15, -0.1) is 0 Å². The number of nitrogens with one attached hydrogen (secondary N) is 1. The fourth-order valence-corrected chi connectivity index (χ4v) is 2.42. The minimum atomic E-state index is -0.451. The average molecular weight is 339 g/mol. The summed E-state index contributed by atoms with van der Waals surface area (Å²) in [6.07, 6.45) is 0.486. The lowest BCUT2D eigenvalue weighted by Gasteiger charge is -2.08. The summed E-state index contributed by atoms with van der Waals surface area (Å²) in [5.41, 5.74) is 8.04. The van der Waals surface area contributed by atoms with Gasteiger partial charge in [-0.3, -0.25) is 15.2 Å². The minimum absolute atomic E-state index is 0.0588. The lowest BCUT2D eigenvalue weighted by molar-refractivity contribution is -0.384. The fourth-order valence-electron chi connectivity index (χ4n) is 2.42. The second-order valence-electron chi connectivity index (χ2n) is 5.49. The molecule has 0 fully saturated rings. The van der Waals surface area contributed by atoms with Crippen molar-refractivity contribution in [3.63, 3.8) is 0 Å². The van der Waals surface area contributed by atoms with Crippen molar-refractivity contribution >= 4 is 5.69 Å². The van der Waals surface area contributed by atoms with Gasteiger partial charge in [0.2, 0.25) is 0 Å². The predicted octanol–water partition coefficient (Wildman–Crippen LogP) is 2.36. The highest BCUT2D eigenvalue weighted by Gasteiger charge is 2.15. The zero-order valence-corrected chi connectivity index (χ0v) is 13.5. The second kappa shape index (κ2) is 7.10. The zero-order valence-electron chi connectivity index (χ0n) is 13.5. The maximum Gasteiger partial charge on any atom is 0.269 e. The third-order valence-electron chi connectivity index (χ3n) is 3.82. The molecule has 1 heterocycles. The summed E-state index contributed by atoms with van der Waals surface area (Å²) in [5.74, 6) is 1.89. The van der Waals surface area contributed by atoms with Crippen molar-refractivity contribution in [3.8, 4) is 5.75 Å². The number of nitrogens with zero attached hydrogens (tertiary/aromatic N) is 3. The molecular formula is C17H17N5O3. The highest BCUT2D eigenvalue weighted by Crippen LogP contribution is 2.20. The number of H-pyrrole nitrogens is 1. The number of nitrogens with two attached hydrogens (primary N) is 1. The number of rotatable bonds is 6. The van der Waals surface area contributed by atoms with E-state index >= 15 is 0 Å². The molecule has 0 saturated heterocycles. The van der Waals surface area contributed by atoms with Crippen molar-refractivity contribution in [2.24, 2.45) is 5.73 Å². The zero-order chi connectivity index (χ0) is 17.8. The number of hydrogen-bond acceptors (Lipinski definition) is 6. The number of benzene rings is 2. The van der Waals surface area contributed by atoms with Gasteiger partial charge < -0.3 is 10.5 Å². The monoisotopic (exact) mass is 339 g/mol. The lowest BCUT2D eigenvalue weighted by Crippen LogP contribution is -2.13. The van der Waals surface area contributed by atoms with Crippen molar-refractivity contribution in [2.75, 3.05) is 7.11 Å². The van der Waals surface area contributed by atoms with Gasteiger partial charge in [-0.25, -0.2) is 4.98 Å². The Labute approximate surface area is 143 Å². The summed E-state index contributed by atoms with van der Waals surface area (Å²) in [7, 11) is 1.61. The molecule has 0 aliphatic rings. The Morgan fingerprint density at radius 2 is 1.88 bits per heavy atom. The highest BCUT2D eigenvalue weighted by atomic mass is 16.6. The Hall–Kier alpha value is -3.26. The van der Waals surface area contributed by atoms with Gasteiger partial charge >= 0.3 is 0 Å². The summed E-state index contributed by atoms with van der Waals surface area (Å²) in [5, 5.41) is 17.7. The third-order valence-corrected chi connectivity index (χ3v) is 3.82. The number of methoxy groups -OCH3 is 1. The van der Waals surface area contributed by atoms with Crippen molar-refractivity contribution in [1.82, 2.24) is 15.2 Å². The first-order valence-electron chi connectivity index (χ1n) is 7.61. The topological polar surface area (TPSA) is 120 Å². The molecule has 0 spiro atoms. The molecule has 0 bridgehead atoms. The smallest absolute Gasteiger partial charge is 0.269 e. The maximum absolute atomic E-state index is 10.7. The van der Waals surface area contributed by atoms with Crippen LogP contribution in [-0.4, -0.2) is 27.2 Å². The molecule has 0 radical (unpaired) electrons. The summed E-state index contributed by atoms with van der Waals surface area (Å²) >= 11 is 0. The Morgan fingerprint density at radius 3 is 2.48 bits per heavy atom. The highest BCUT2D eigenvalue weighted by molar-refractivity contribution is 5.34. The van der Waals surface area contributed by atoms with Gasteiger partial charge in [0.25, 0.3) is 5.69 Å². The van der Waals surface area contributed by atoms with Crippen LogP contribution in [0.3, 0.4) is 0 Å². The molecule has 0 saturated carbocycles. The maximum atomic E-state index is 10.7. The minimum Gasteiger partial charge on any atom is -0.497 e. The van der Waals surface area contributed by atoms with E-state index < -0.39 is 11.0 Å². The number of ether oxygens (including phenoxy) is 1. The number of hydrogen-bond donors (Lipinski definition) is 2. The molecule has 1 atom stereocenters. The molecular weight excluding hydrogens is 322 g/mol. The molecule has 0 aliphatic heterocycles. The van der Waals surface area contributed by atoms with E-state index in [9.17, 15) is 10.1 Å². The van der Waals surface area contributed by atoms with Crippen LogP contribution in [0.5, 0.6) is 5.75 Å². The number of nitro groups is 1. The number of aromatic amines is 1. The summed E-state index contributed by atoms with van der Waals surface area (Å²) in [4.78, 5) is 14.7. The Balaban J connectivity index is 1.71. The molecule has 1 aromatic heterocycles. The molecule has 0 amide bonds. The van der Waals surface area contributed by atoms with Crippen LogP contribution in [0.15, 0.2) is 48.5 Å². The van der Waals surface area contributed by atoms with Crippen LogP contribution < -0.4 is 10.5 Å². The van der Waals surface area contributed by atoms with Gasteiger partial charge in [0.15, 0.2) is 5.82 Å². The predicted molar refractivity (Wildman–Crippen MR) is 91.3 cm³/mol. The molecule has 3 rings (SSSR count). The number of aromatic nitrogens is 3. The molecule has 2 aromatic carbocycles. The Morgan fingerprint density at radius 1 is 1.20 bits per heavy atom. The SMILES string of the molecule is COc1ccc([C@@H](N)c2n[nH]c(Cc3ccc([N+](=O)[O-])cc3)n2)cc1. The van der Waals surface area contributed by atoms with Crippen molar-refractivity contribution in [1.29, 1.82) is 0 Å². The van der Waals surface area contributed by atoms with Crippen LogP contribution in [-0.2, 0) is 6.42 Å². The van der Waals surface area contributed by atoms with E-state index in [1.807, 2.05) is 24.3 Å². The van der Waals surface area contributed by atoms with Gasteiger partial charge in [0.1, 0.15) is 11.6 Å². The van der Waals surface area contributed by atoms with E-state index in [-0.39, 0.29) is 5.69 Å². The van der Waals surface area contributed by atoms with E-state index in [1.165, 1.54) is 12.1 Å². The van der Waals surface area contributed by atoms with Crippen LogP contribution in [0, 0.1) is 10.1 Å². The van der Waals surface area contributed by atoms with Crippen LogP contribution in [0.1, 0.15) is 28.8 Å². The molecule has 0 unspecified atom stereocenters. The first-order chi connectivity index (χ1) is 12.1. The average Bonchev–Trinajstić information content (AvgIpc) is 3.10. The van der Waals surface area contributed by atoms with E-state index in [1.54, 1.807) is 19.2 Å². The van der Waals surface area contributed by atoms with Crippen molar-refractivity contribution in [3.05, 3.63) is 81.4 Å². The van der Waals surface area contributed by atoms with Crippen molar-refractivity contribution < 1.29 is 9.66 Å². The standard InChI is InChI=1S/C17H17N5O3/c1-25-14-8-4-12(5-9-14)16(18)17-19-15(20-21-17)10-11-2-6-13(7-3-11)22(23)24/h2-9,16H,10,18H2,1H3,(H,19,20,21)/t16-/m1/s1. The van der Waals surface area contributed by atoms with Crippen LogP contribution in [0.2, 0.25) is 0 Å². The third kappa shape index (κ3) is 3.81. The first-order valence-corrected chi connectivity index (χ1v) is 7.61. The Kier molecular flexibility index (Phi) is 4.71. The van der Waals surface area contributed by atoms with Gasteiger partial charge in [0, 0.05) is 18.6 Å². The molecule has 8 nitrogen and oxygen atoms in total.